The van der Waals surface area contributed by atoms with E-state index in [9.17, 15) is 4.79 Å². The van der Waals surface area contributed by atoms with Crippen LogP contribution in [0.4, 0.5) is 0 Å². The molecule has 0 unspecified atom stereocenters. The summed E-state index contributed by atoms with van der Waals surface area (Å²) in [5.74, 6) is 0.317. The Morgan fingerprint density at radius 2 is 1.73 bits per heavy atom. The zero-order valence-electron chi connectivity index (χ0n) is 15.7. The molecule has 1 aromatic heterocycles. The van der Waals surface area contributed by atoms with Crippen molar-refractivity contribution in [3.63, 3.8) is 0 Å². The number of Topliss-reactive ketones (excluding diaryl/α,β-unsaturated/α-hetero) is 1. The van der Waals surface area contributed by atoms with Crippen LogP contribution in [0.25, 0.3) is 21.8 Å². The molecule has 1 N–H and O–H groups in total. The molecule has 134 valence electrons. The Hall–Kier alpha value is -2.13. The van der Waals surface area contributed by atoms with Gasteiger partial charge in [-0.05, 0) is 60.6 Å². The zero-order chi connectivity index (χ0) is 17.8. The lowest BCUT2D eigenvalue weighted by atomic mass is 9.98. The van der Waals surface area contributed by atoms with E-state index in [1.54, 1.807) is 0 Å². The van der Waals surface area contributed by atoms with Crippen LogP contribution < -0.4 is 5.32 Å². The molecule has 2 aliphatic carbocycles. The minimum atomic E-state index is 0.317. The van der Waals surface area contributed by atoms with Crippen LogP contribution in [0.5, 0.6) is 0 Å². The van der Waals surface area contributed by atoms with Gasteiger partial charge >= 0.3 is 0 Å². The number of hydrogen-bond donors (Lipinski definition) is 1. The summed E-state index contributed by atoms with van der Waals surface area (Å²) < 4.78 is 2.47. The number of nitrogens with one attached hydrogen (secondary N) is 1. The third-order valence-electron chi connectivity index (χ3n) is 6.17. The van der Waals surface area contributed by atoms with Gasteiger partial charge in [0.25, 0.3) is 0 Å². The number of nitrogens with zero attached hydrogens (tertiary/aromatic N) is 1. The minimum absolute atomic E-state index is 0.317. The van der Waals surface area contributed by atoms with Gasteiger partial charge < -0.3 is 9.88 Å². The Labute approximate surface area is 154 Å². The average Bonchev–Trinajstić information content (AvgIpc) is 3.30. The summed E-state index contributed by atoms with van der Waals surface area (Å²) in [5.41, 5.74) is 7.97. The maximum absolute atomic E-state index is 12.3. The second-order valence-electron chi connectivity index (χ2n) is 8.12. The Kier molecular flexibility index (Phi) is 3.68. The highest BCUT2D eigenvalue weighted by atomic mass is 16.1. The summed E-state index contributed by atoms with van der Waals surface area (Å²) in [6.07, 6.45) is 5.20. The van der Waals surface area contributed by atoms with Crippen molar-refractivity contribution in [1.82, 2.24) is 9.88 Å². The summed E-state index contributed by atoms with van der Waals surface area (Å²) in [7, 11) is 0. The van der Waals surface area contributed by atoms with Crippen molar-refractivity contribution in [1.29, 1.82) is 0 Å². The SMILES string of the molecule is CC(C)NCCn1c2ccc3c(c2c2c4c(ccc21)C(=O)CC4)CCC3. The second kappa shape index (κ2) is 5.95. The van der Waals surface area contributed by atoms with Crippen LogP contribution in [-0.4, -0.2) is 22.9 Å². The van der Waals surface area contributed by atoms with Gasteiger partial charge in [0.15, 0.2) is 5.78 Å². The fourth-order valence-electron chi connectivity index (χ4n) is 5.03. The first-order valence-electron chi connectivity index (χ1n) is 10.0. The molecule has 0 fully saturated rings. The van der Waals surface area contributed by atoms with Crippen LogP contribution in [0.3, 0.4) is 0 Å². The molecular weight excluding hydrogens is 320 g/mol. The van der Waals surface area contributed by atoms with Gasteiger partial charge in [0.05, 0.1) is 0 Å². The number of carbonyl (C=O) groups is 1. The number of fused-ring (bicyclic) bond motifs is 7. The van der Waals surface area contributed by atoms with Crippen LogP contribution in [-0.2, 0) is 25.8 Å². The summed E-state index contributed by atoms with van der Waals surface area (Å²) >= 11 is 0. The number of aryl methyl sites for hydroxylation is 3. The van der Waals surface area contributed by atoms with Gasteiger partial charge in [0.2, 0.25) is 0 Å². The molecule has 0 radical (unpaired) electrons. The van der Waals surface area contributed by atoms with E-state index in [0.717, 1.165) is 25.1 Å². The Morgan fingerprint density at radius 3 is 2.54 bits per heavy atom. The highest BCUT2D eigenvalue weighted by molar-refractivity contribution is 6.16. The van der Waals surface area contributed by atoms with Crippen molar-refractivity contribution < 1.29 is 4.79 Å². The topological polar surface area (TPSA) is 34.0 Å². The molecular formula is C23H26N2O. The largest absolute Gasteiger partial charge is 0.339 e. The van der Waals surface area contributed by atoms with Gasteiger partial charge in [0, 0.05) is 52.9 Å². The van der Waals surface area contributed by atoms with Crippen molar-refractivity contribution in [2.75, 3.05) is 6.54 Å². The van der Waals surface area contributed by atoms with Gasteiger partial charge in [-0.3, -0.25) is 4.79 Å². The molecule has 2 aliphatic rings. The lowest BCUT2D eigenvalue weighted by Crippen LogP contribution is -2.26. The average molecular weight is 346 g/mol. The van der Waals surface area contributed by atoms with E-state index >= 15 is 0 Å². The minimum Gasteiger partial charge on any atom is -0.339 e. The van der Waals surface area contributed by atoms with Gasteiger partial charge in [-0.2, -0.15) is 0 Å². The zero-order valence-corrected chi connectivity index (χ0v) is 15.7. The second-order valence-corrected chi connectivity index (χ2v) is 8.12. The fourth-order valence-corrected chi connectivity index (χ4v) is 5.03. The summed E-state index contributed by atoms with van der Waals surface area (Å²) in [5, 5.41) is 6.35. The molecule has 0 amide bonds. The van der Waals surface area contributed by atoms with Crippen molar-refractivity contribution in [3.8, 4) is 0 Å². The van der Waals surface area contributed by atoms with E-state index in [4.69, 9.17) is 0 Å². The number of rotatable bonds is 4. The summed E-state index contributed by atoms with van der Waals surface area (Å²) in [4.78, 5) is 12.3. The predicted octanol–water partition coefficient (Wildman–Crippen LogP) is 4.41. The Morgan fingerprint density at radius 1 is 0.962 bits per heavy atom. The number of ketones is 1. The van der Waals surface area contributed by atoms with Gasteiger partial charge in [-0.25, -0.2) is 0 Å². The molecule has 3 nitrogen and oxygen atoms in total. The number of hydrogen-bond acceptors (Lipinski definition) is 2. The van der Waals surface area contributed by atoms with E-state index in [2.05, 4.69) is 48.0 Å². The molecule has 5 rings (SSSR count). The van der Waals surface area contributed by atoms with Crippen LogP contribution in [0, 0.1) is 0 Å². The third-order valence-corrected chi connectivity index (χ3v) is 6.17. The third kappa shape index (κ3) is 2.26. The molecule has 3 aromatic rings. The number of carbonyl (C=O) groups excluding carboxylic acids is 1. The molecule has 0 saturated carbocycles. The summed E-state index contributed by atoms with van der Waals surface area (Å²) in [6.45, 7) is 6.31. The van der Waals surface area contributed by atoms with E-state index in [-0.39, 0.29) is 0 Å². The first kappa shape index (κ1) is 16.1. The number of benzene rings is 2. The van der Waals surface area contributed by atoms with Gasteiger partial charge in [-0.15, -0.1) is 0 Å². The monoisotopic (exact) mass is 346 g/mol. The summed E-state index contributed by atoms with van der Waals surface area (Å²) in [6, 6.07) is 9.40. The molecule has 0 bridgehead atoms. The van der Waals surface area contributed by atoms with Crippen LogP contribution in [0.15, 0.2) is 24.3 Å². The van der Waals surface area contributed by atoms with Crippen molar-refractivity contribution in [2.45, 2.75) is 58.5 Å². The first-order chi connectivity index (χ1) is 12.6. The van der Waals surface area contributed by atoms with Crippen LogP contribution >= 0.6 is 0 Å². The van der Waals surface area contributed by atoms with Gasteiger partial charge in [0.1, 0.15) is 0 Å². The standard InChI is InChI=1S/C23H26N2O/c1-14(2)24-12-13-25-19-9-6-15-4-3-5-16(15)22(19)23-18-8-11-21(26)17(18)7-10-20(23)25/h6-7,9-10,14,24H,3-5,8,11-13H2,1-2H3. The lowest BCUT2D eigenvalue weighted by Gasteiger charge is -2.11. The Bertz CT molecular complexity index is 1040. The van der Waals surface area contributed by atoms with E-state index < -0.39 is 0 Å². The van der Waals surface area contributed by atoms with E-state index in [1.807, 2.05) is 0 Å². The van der Waals surface area contributed by atoms with E-state index in [1.165, 1.54) is 57.8 Å². The molecule has 0 aliphatic heterocycles. The normalized spacial score (nSPS) is 16.2. The van der Waals surface area contributed by atoms with Crippen LogP contribution in [0.1, 0.15) is 53.7 Å². The van der Waals surface area contributed by atoms with Gasteiger partial charge in [-0.1, -0.05) is 19.9 Å². The molecule has 0 spiro atoms. The lowest BCUT2D eigenvalue weighted by molar-refractivity contribution is 0.0994. The quantitative estimate of drug-likeness (QED) is 0.759. The first-order valence-corrected chi connectivity index (χ1v) is 10.0. The smallest absolute Gasteiger partial charge is 0.163 e. The van der Waals surface area contributed by atoms with E-state index in [0.29, 0.717) is 18.2 Å². The molecule has 26 heavy (non-hydrogen) atoms. The maximum atomic E-state index is 12.3. The molecule has 0 atom stereocenters. The highest BCUT2D eigenvalue weighted by Crippen LogP contribution is 2.41. The maximum Gasteiger partial charge on any atom is 0.163 e. The molecule has 3 heteroatoms. The van der Waals surface area contributed by atoms with Crippen molar-refractivity contribution in [3.05, 3.63) is 46.5 Å². The molecule has 1 heterocycles. The molecule has 2 aromatic carbocycles. The Balaban J connectivity index is 1.80. The molecule has 0 saturated heterocycles. The predicted molar refractivity (Wildman–Crippen MR) is 107 cm³/mol. The fraction of sp³-hybridized carbons (Fsp3) is 0.435. The van der Waals surface area contributed by atoms with Crippen molar-refractivity contribution in [2.24, 2.45) is 0 Å². The number of aromatic nitrogens is 1. The van der Waals surface area contributed by atoms with Crippen molar-refractivity contribution >= 4 is 27.6 Å². The van der Waals surface area contributed by atoms with Crippen LogP contribution in [0.2, 0.25) is 0 Å². The highest BCUT2D eigenvalue weighted by Gasteiger charge is 2.27.